The summed E-state index contributed by atoms with van der Waals surface area (Å²) in [6.45, 7) is 2.51. The van der Waals surface area contributed by atoms with Crippen LogP contribution in [0.4, 0.5) is 17.7 Å². The average Bonchev–Trinajstić information content (AvgIpc) is 3.29. The van der Waals surface area contributed by atoms with Crippen molar-refractivity contribution in [2.24, 2.45) is 7.05 Å². The van der Waals surface area contributed by atoms with Gasteiger partial charge in [0.2, 0.25) is 11.9 Å². The van der Waals surface area contributed by atoms with Crippen LogP contribution < -0.4 is 10.6 Å². The Morgan fingerprint density at radius 2 is 1.76 bits per heavy atom. The normalized spacial score (nSPS) is 11.2. The van der Waals surface area contributed by atoms with Crippen LogP contribution in [0.3, 0.4) is 0 Å². The maximum absolute atomic E-state index is 4.62. The van der Waals surface area contributed by atoms with Crippen molar-refractivity contribution < 1.29 is 0 Å². The van der Waals surface area contributed by atoms with Crippen molar-refractivity contribution in [3.63, 3.8) is 0 Å². The van der Waals surface area contributed by atoms with Crippen LogP contribution >= 0.6 is 0 Å². The molecule has 5 rings (SSSR count). The van der Waals surface area contributed by atoms with E-state index in [0.29, 0.717) is 18.4 Å². The zero-order valence-corrected chi connectivity index (χ0v) is 16.1. The van der Waals surface area contributed by atoms with Gasteiger partial charge >= 0.3 is 0 Å². The predicted octanol–water partition coefficient (Wildman–Crippen LogP) is 3.90. The fourth-order valence-electron chi connectivity index (χ4n) is 3.30. The summed E-state index contributed by atoms with van der Waals surface area (Å²) in [4.78, 5) is 21.5. The third kappa shape index (κ3) is 3.25. The largest absolute Gasteiger partial charge is 0.362 e. The van der Waals surface area contributed by atoms with E-state index in [-0.39, 0.29) is 0 Å². The summed E-state index contributed by atoms with van der Waals surface area (Å²) in [6, 6.07) is 16.0. The van der Waals surface area contributed by atoms with E-state index in [1.807, 2.05) is 67.1 Å². The maximum Gasteiger partial charge on any atom is 0.231 e. The first-order valence-corrected chi connectivity index (χ1v) is 9.37. The van der Waals surface area contributed by atoms with Crippen molar-refractivity contribution in [3.05, 3.63) is 66.1 Å². The molecule has 144 valence electrons. The topological polar surface area (TPSA) is 96.3 Å². The van der Waals surface area contributed by atoms with Crippen LogP contribution in [0.25, 0.3) is 22.1 Å². The first-order chi connectivity index (χ1) is 14.2. The predicted molar refractivity (Wildman–Crippen MR) is 114 cm³/mol. The molecule has 0 aliphatic heterocycles. The molecule has 0 aliphatic rings. The summed E-state index contributed by atoms with van der Waals surface area (Å²) >= 11 is 0. The Bertz CT molecular complexity index is 1280. The Hall–Kier alpha value is -3.94. The smallest absolute Gasteiger partial charge is 0.231 e. The Kier molecular flexibility index (Phi) is 4.09. The number of hydrogen-bond donors (Lipinski definition) is 3. The lowest BCUT2D eigenvalue weighted by Gasteiger charge is -2.10. The molecule has 3 heterocycles. The molecule has 0 radical (unpaired) electrons. The number of anilines is 3. The SMILES string of the molecule is Cc1cnc(Nc2nc3ccccc3n2C)nc1NCc1nc2ccccc2[nH]1. The van der Waals surface area contributed by atoms with E-state index in [1.54, 1.807) is 6.20 Å². The quantitative estimate of drug-likeness (QED) is 0.425. The van der Waals surface area contributed by atoms with E-state index in [1.165, 1.54) is 0 Å². The molecule has 8 nitrogen and oxygen atoms in total. The molecule has 8 heteroatoms. The molecule has 0 bridgehead atoms. The van der Waals surface area contributed by atoms with Crippen molar-refractivity contribution >= 4 is 39.8 Å². The number of fused-ring (bicyclic) bond motifs is 2. The lowest BCUT2D eigenvalue weighted by atomic mass is 10.3. The number of hydrogen-bond acceptors (Lipinski definition) is 6. The number of H-pyrrole nitrogens is 1. The van der Waals surface area contributed by atoms with E-state index in [0.717, 1.165) is 39.3 Å². The van der Waals surface area contributed by atoms with E-state index in [9.17, 15) is 0 Å². The minimum Gasteiger partial charge on any atom is -0.362 e. The highest BCUT2D eigenvalue weighted by molar-refractivity contribution is 5.79. The summed E-state index contributed by atoms with van der Waals surface area (Å²) in [5.41, 5.74) is 4.90. The van der Waals surface area contributed by atoms with Gasteiger partial charge in [0.15, 0.2) is 0 Å². The van der Waals surface area contributed by atoms with Crippen LogP contribution in [0.15, 0.2) is 54.7 Å². The molecular weight excluding hydrogens is 364 g/mol. The molecular formula is C21H20N8. The van der Waals surface area contributed by atoms with Crippen molar-refractivity contribution in [1.29, 1.82) is 0 Å². The Morgan fingerprint density at radius 3 is 2.59 bits per heavy atom. The van der Waals surface area contributed by atoms with Gasteiger partial charge in [0, 0.05) is 18.8 Å². The maximum atomic E-state index is 4.62. The summed E-state index contributed by atoms with van der Waals surface area (Å²) < 4.78 is 1.99. The van der Waals surface area contributed by atoms with Crippen molar-refractivity contribution in [3.8, 4) is 0 Å². The zero-order chi connectivity index (χ0) is 19.8. The van der Waals surface area contributed by atoms with Crippen LogP contribution in [0.1, 0.15) is 11.4 Å². The number of aromatic amines is 1. The van der Waals surface area contributed by atoms with Gasteiger partial charge in [-0.3, -0.25) is 5.32 Å². The molecule has 29 heavy (non-hydrogen) atoms. The van der Waals surface area contributed by atoms with Crippen LogP contribution in [-0.4, -0.2) is 29.5 Å². The molecule has 3 aromatic heterocycles. The van der Waals surface area contributed by atoms with E-state index >= 15 is 0 Å². The van der Waals surface area contributed by atoms with Crippen LogP contribution in [-0.2, 0) is 13.6 Å². The second-order valence-corrected chi connectivity index (χ2v) is 6.89. The molecule has 0 spiro atoms. The van der Waals surface area contributed by atoms with Gasteiger partial charge in [-0.05, 0) is 31.2 Å². The van der Waals surface area contributed by atoms with Crippen molar-refractivity contribution in [2.75, 3.05) is 10.6 Å². The van der Waals surface area contributed by atoms with Gasteiger partial charge in [-0.2, -0.15) is 4.98 Å². The molecule has 0 saturated heterocycles. The highest BCUT2D eigenvalue weighted by Gasteiger charge is 2.10. The number of imidazole rings is 2. The second-order valence-electron chi connectivity index (χ2n) is 6.89. The first kappa shape index (κ1) is 17.2. The number of rotatable bonds is 5. The molecule has 0 saturated carbocycles. The first-order valence-electron chi connectivity index (χ1n) is 9.37. The van der Waals surface area contributed by atoms with E-state index < -0.39 is 0 Å². The lowest BCUT2D eigenvalue weighted by molar-refractivity contribution is 0.945. The standard InChI is InChI=1S/C21H20N8/c1-13-11-23-20(28-21-26-16-9-5-6-10-17(16)29(21)2)27-19(13)22-12-18-24-14-7-3-4-8-15(14)25-18/h3-11H,12H2,1-2H3,(H,24,25)(H2,22,23,26,27,28). The highest BCUT2D eigenvalue weighted by Crippen LogP contribution is 2.21. The van der Waals surface area contributed by atoms with E-state index in [4.69, 9.17) is 0 Å². The number of aryl methyl sites for hydroxylation is 2. The summed E-state index contributed by atoms with van der Waals surface area (Å²) in [7, 11) is 1.96. The average molecular weight is 384 g/mol. The van der Waals surface area contributed by atoms with Gasteiger partial charge in [-0.25, -0.2) is 15.0 Å². The number of benzene rings is 2. The fourth-order valence-corrected chi connectivity index (χ4v) is 3.30. The number of nitrogens with one attached hydrogen (secondary N) is 3. The van der Waals surface area contributed by atoms with Crippen molar-refractivity contribution in [1.82, 2.24) is 29.5 Å². The third-order valence-corrected chi connectivity index (χ3v) is 4.84. The monoisotopic (exact) mass is 384 g/mol. The van der Waals surface area contributed by atoms with Gasteiger partial charge in [-0.1, -0.05) is 24.3 Å². The molecule has 5 aromatic rings. The van der Waals surface area contributed by atoms with Crippen LogP contribution in [0.5, 0.6) is 0 Å². The van der Waals surface area contributed by atoms with Gasteiger partial charge in [-0.15, -0.1) is 0 Å². The minimum atomic E-state index is 0.487. The Labute approximate surface area is 167 Å². The van der Waals surface area contributed by atoms with Gasteiger partial charge in [0.05, 0.1) is 28.6 Å². The highest BCUT2D eigenvalue weighted by atomic mass is 15.3. The summed E-state index contributed by atoms with van der Waals surface area (Å²) in [5, 5.41) is 6.56. The van der Waals surface area contributed by atoms with Gasteiger partial charge in [0.25, 0.3) is 0 Å². The number of para-hydroxylation sites is 4. The molecule has 3 N–H and O–H groups in total. The van der Waals surface area contributed by atoms with Crippen LogP contribution in [0, 0.1) is 6.92 Å². The molecule has 0 atom stereocenters. The summed E-state index contributed by atoms with van der Waals surface area (Å²) in [6.07, 6.45) is 1.79. The van der Waals surface area contributed by atoms with Gasteiger partial charge < -0.3 is 14.9 Å². The molecule has 0 aliphatic carbocycles. The fraction of sp³-hybridized carbons (Fsp3) is 0.143. The minimum absolute atomic E-state index is 0.487. The second kappa shape index (κ2) is 6.90. The Morgan fingerprint density at radius 1 is 0.966 bits per heavy atom. The van der Waals surface area contributed by atoms with Gasteiger partial charge in [0.1, 0.15) is 11.6 Å². The third-order valence-electron chi connectivity index (χ3n) is 4.84. The van der Waals surface area contributed by atoms with Crippen molar-refractivity contribution in [2.45, 2.75) is 13.5 Å². The summed E-state index contributed by atoms with van der Waals surface area (Å²) in [5.74, 6) is 2.79. The number of aromatic nitrogens is 6. The zero-order valence-electron chi connectivity index (χ0n) is 16.1. The number of nitrogens with zero attached hydrogens (tertiary/aromatic N) is 5. The van der Waals surface area contributed by atoms with E-state index in [2.05, 4.69) is 35.6 Å². The molecule has 0 amide bonds. The Balaban J connectivity index is 1.37. The van der Waals surface area contributed by atoms with Crippen LogP contribution in [0.2, 0.25) is 0 Å². The molecule has 0 fully saturated rings. The lowest BCUT2D eigenvalue weighted by Crippen LogP contribution is -2.08. The molecule has 2 aromatic carbocycles. The molecule has 0 unspecified atom stereocenters.